The zero-order chi connectivity index (χ0) is 18.2. The Morgan fingerprint density at radius 3 is 2.60 bits per heavy atom. The number of benzene rings is 1. The third-order valence-corrected chi connectivity index (χ3v) is 7.84. The lowest BCUT2D eigenvalue weighted by molar-refractivity contribution is -0.0324. The third-order valence-electron chi connectivity index (χ3n) is 6.06. The number of rotatable bonds is 2. The first kappa shape index (κ1) is 18.2. The summed E-state index contributed by atoms with van der Waals surface area (Å²) in [6, 6.07) is 6.64. The highest BCUT2D eigenvalue weighted by atomic mass is 32.2. The van der Waals surface area contributed by atoms with Crippen LogP contribution < -0.4 is 0 Å². The van der Waals surface area contributed by atoms with Gasteiger partial charge in [-0.3, -0.25) is 0 Å². The van der Waals surface area contributed by atoms with Gasteiger partial charge in [0.15, 0.2) is 0 Å². The van der Waals surface area contributed by atoms with Crippen LogP contribution in [0.4, 0.5) is 0 Å². The second-order valence-electron chi connectivity index (χ2n) is 7.76. The van der Waals surface area contributed by atoms with Crippen LogP contribution in [0.25, 0.3) is 4.85 Å². The van der Waals surface area contributed by atoms with Crippen LogP contribution in [-0.2, 0) is 9.84 Å². The fraction of sp³-hybridized carbons (Fsp3) is 0.550. The summed E-state index contributed by atoms with van der Waals surface area (Å²) < 4.78 is 25.9. The molecule has 0 saturated heterocycles. The average Bonchev–Trinajstić information content (AvgIpc) is 2.56. The van der Waals surface area contributed by atoms with Crippen molar-refractivity contribution in [3.8, 4) is 0 Å². The van der Waals surface area contributed by atoms with Crippen molar-refractivity contribution in [2.45, 2.75) is 63.4 Å². The van der Waals surface area contributed by atoms with Gasteiger partial charge in [0.05, 0.1) is 17.6 Å². The van der Waals surface area contributed by atoms with Crippen molar-refractivity contribution in [3.05, 3.63) is 51.8 Å². The van der Waals surface area contributed by atoms with Gasteiger partial charge in [-0.05, 0) is 62.5 Å². The molecule has 0 aromatic heterocycles. The number of aliphatic hydroxyl groups is 1. The Hall–Kier alpha value is -1.64. The summed E-state index contributed by atoms with van der Waals surface area (Å²) in [6.45, 7) is 11.6. The van der Waals surface area contributed by atoms with Gasteiger partial charge in [-0.1, -0.05) is 36.6 Å². The number of allylic oxidation sites excluding steroid dienone is 1. The predicted octanol–water partition coefficient (Wildman–Crippen LogP) is 4.25. The Balaban J connectivity index is 2.00. The van der Waals surface area contributed by atoms with Gasteiger partial charge >= 0.3 is 0 Å². The molecule has 4 nitrogen and oxygen atoms in total. The van der Waals surface area contributed by atoms with Gasteiger partial charge in [0, 0.05) is 0 Å². The minimum Gasteiger partial charge on any atom is -0.393 e. The molecule has 1 aromatic rings. The maximum absolute atomic E-state index is 13.0. The molecule has 1 aromatic carbocycles. The number of hydrogen-bond donors (Lipinski definition) is 1. The van der Waals surface area contributed by atoms with Crippen LogP contribution in [0.5, 0.6) is 0 Å². The van der Waals surface area contributed by atoms with E-state index < -0.39 is 15.9 Å². The van der Waals surface area contributed by atoms with Gasteiger partial charge in [-0.25, -0.2) is 13.3 Å². The maximum Gasteiger partial charge on any atom is 0.282 e. The fourth-order valence-electron chi connectivity index (χ4n) is 4.42. The first-order valence-corrected chi connectivity index (χ1v) is 10.4. The first-order valence-electron chi connectivity index (χ1n) is 8.87. The predicted molar refractivity (Wildman–Crippen MR) is 97.3 cm³/mol. The molecule has 134 valence electrons. The second-order valence-corrected chi connectivity index (χ2v) is 9.63. The first-order chi connectivity index (χ1) is 11.8. The molecule has 0 unspecified atom stereocenters. The lowest BCUT2D eigenvalue weighted by Crippen LogP contribution is -2.43. The SMILES string of the molecule is [C-]#[N+]/C(=C1/CC[C@]2(C)CCC[C@@H](O)[C@H]2C1)S(=O)(=O)c1ccc(C)cc1. The molecule has 25 heavy (non-hydrogen) atoms. The van der Waals surface area contributed by atoms with Crippen molar-refractivity contribution in [2.75, 3.05) is 0 Å². The van der Waals surface area contributed by atoms with E-state index in [-0.39, 0.29) is 21.3 Å². The molecule has 2 aliphatic carbocycles. The van der Waals surface area contributed by atoms with Crippen molar-refractivity contribution in [3.63, 3.8) is 0 Å². The summed E-state index contributed by atoms with van der Waals surface area (Å²) in [4.78, 5) is 3.60. The molecule has 1 N–H and O–H groups in total. The van der Waals surface area contributed by atoms with Crippen molar-refractivity contribution in [2.24, 2.45) is 11.3 Å². The molecule has 3 atom stereocenters. The van der Waals surface area contributed by atoms with Gasteiger partial charge in [-0.15, -0.1) is 0 Å². The Bertz CT molecular complexity index is 833. The molecule has 0 amide bonds. The molecule has 2 saturated carbocycles. The second kappa shape index (κ2) is 6.59. The van der Waals surface area contributed by atoms with Gasteiger partial charge in [0.2, 0.25) is 9.84 Å². The van der Waals surface area contributed by atoms with E-state index in [1.807, 2.05) is 6.92 Å². The number of hydrogen-bond acceptors (Lipinski definition) is 3. The number of aryl methyl sites for hydroxylation is 1. The van der Waals surface area contributed by atoms with E-state index in [2.05, 4.69) is 11.8 Å². The van der Waals surface area contributed by atoms with Crippen LogP contribution in [0.1, 0.15) is 51.0 Å². The summed E-state index contributed by atoms with van der Waals surface area (Å²) in [5, 5.41) is 10.3. The maximum atomic E-state index is 13.0. The number of aliphatic hydroxyl groups excluding tert-OH is 1. The van der Waals surface area contributed by atoms with Crippen molar-refractivity contribution < 1.29 is 13.5 Å². The number of nitrogens with zero attached hydrogens (tertiary/aromatic N) is 1. The standard InChI is InChI=1S/C20H25NO3S/c1-14-6-8-16(9-7-14)25(23,24)19(21-3)15-10-12-20(2)11-4-5-18(22)17(20)13-15/h6-9,17-18,22H,4-5,10-13H2,1-2H3/b19-15+/t17-,18-,20+/m1/s1. The van der Waals surface area contributed by atoms with E-state index in [0.717, 1.165) is 31.2 Å². The van der Waals surface area contributed by atoms with Crippen LogP contribution in [0.2, 0.25) is 0 Å². The fourth-order valence-corrected chi connectivity index (χ4v) is 5.82. The summed E-state index contributed by atoms with van der Waals surface area (Å²) >= 11 is 0. The molecule has 0 aliphatic heterocycles. The molecule has 0 radical (unpaired) electrons. The van der Waals surface area contributed by atoms with Crippen LogP contribution in [-0.4, -0.2) is 19.6 Å². The minimum atomic E-state index is -3.80. The lowest BCUT2D eigenvalue weighted by Gasteiger charge is -2.48. The zero-order valence-electron chi connectivity index (χ0n) is 14.8. The Labute approximate surface area is 150 Å². The summed E-state index contributed by atoms with van der Waals surface area (Å²) in [5.41, 5.74) is 1.73. The highest BCUT2D eigenvalue weighted by molar-refractivity contribution is 7.95. The van der Waals surface area contributed by atoms with Crippen LogP contribution >= 0.6 is 0 Å². The molecule has 5 heteroatoms. The molecule has 2 aliphatic rings. The zero-order valence-corrected chi connectivity index (χ0v) is 15.6. The van der Waals surface area contributed by atoms with Crippen molar-refractivity contribution in [1.29, 1.82) is 0 Å². The smallest absolute Gasteiger partial charge is 0.282 e. The monoisotopic (exact) mass is 359 g/mol. The van der Waals surface area contributed by atoms with Crippen LogP contribution in [0, 0.1) is 24.8 Å². The highest BCUT2D eigenvalue weighted by Gasteiger charge is 2.45. The van der Waals surface area contributed by atoms with Crippen molar-refractivity contribution >= 4 is 9.84 Å². The highest BCUT2D eigenvalue weighted by Crippen LogP contribution is 2.52. The van der Waals surface area contributed by atoms with E-state index in [9.17, 15) is 13.5 Å². The summed E-state index contributed by atoms with van der Waals surface area (Å²) in [7, 11) is -3.80. The van der Waals surface area contributed by atoms with Gasteiger partial charge < -0.3 is 5.11 Å². The van der Waals surface area contributed by atoms with E-state index in [0.29, 0.717) is 18.4 Å². The van der Waals surface area contributed by atoms with Crippen molar-refractivity contribution in [1.82, 2.24) is 0 Å². The van der Waals surface area contributed by atoms with E-state index in [1.165, 1.54) is 0 Å². The quantitative estimate of drug-likeness (QED) is 0.803. The molecular formula is C20H25NO3S. The van der Waals surface area contributed by atoms with Gasteiger partial charge in [0.25, 0.3) is 5.03 Å². The largest absolute Gasteiger partial charge is 0.393 e. The summed E-state index contributed by atoms with van der Waals surface area (Å²) in [6.07, 6.45) is 4.44. The third kappa shape index (κ3) is 3.26. The number of fused-ring (bicyclic) bond motifs is 1. The molecule has 0 bridgehead atoms. The average molecular weight is 359 g/mol. The summed E-state index contributed by atoms with van der Waals surface area (Å²) in [5.74, 6) is 0.0509. The molecule has 0 spiro atoms. The topological polar surface area (TPSA) is 58.7 Å². The lowest BCUT2D eigenvalue weighted by atomic mass is 9.58. The molecule has 3 rings (SSSR count). The Morgan fingerprint density at radius 1 is 1.28 bits per heavy atom. The Kier molecular flexibility index (Phi) is 4.78. The molecule has 0 heterocycles. The Morgan fingerprint density at radius 2 is 1.96 bits per heavy atom. The number of sulfone groups is 1. The van der Waals surface area contributed by atoms with Gasteiger partial charge in [-0.2, -0.15) is 0 Å². The minimum absolute atomic E-state index is 0.0509. The van der Waals surface area contributed by atoms with Gasteiger partial charge in [0.1, 0.15) is 0 Å². The van der Waals surface area contributed by atoms with E-state index in [4.69, 9.17) is 6.57 Å². The van der Waals surface area contributed by atoms with Crippen LogP contribution in [0.3, 0.4) is 0 Å². The normalized spacial score (nSPS) is 31.8. The van der Waals surface area contributed by atoms with E-state index >= 15 is 0 Å². The molecular weight excluding hydrogens is 334 g/mol. The van der Waals surface area contributed by atoms with Crippen LogP contribution in [0.15, 0.2) is 39.8 Å². The molecule has 2 fully saturated rings. The van der Waals surface area contributed by atoms with E-state index in [1.54, 1.807) is 24.3 Å².